The highest BCUT2D eigenvalue weighted by Gasteiger charge is 2.13. The first-order valence-corrected chi connectivity index (χ1v) is 13.4. The van der Waals surface area contributed by atoms with Crippen molar-refractivity contribution in [3.63, 3.8) is 0 Å². The van der Waals surface area contributed by atoms with Gasteiger partial charge in [-0.2, -0.15) is 4.68 Å². The summed E-state index contributed by atoms with van der Waals surface area (Å²) in [5, 5.41) is 17.5. The maximum absolute atomic E-state index is 6.57. The zero-order valence-electron chi connectivity index (χ0n) is 20.3. The lowest BCUT2D eigenvalue weighted by Crippen LogP contribution is -2.15. The van der Waals surface area contributed by atoms with Crippen LogP contribution in [0.1, 0.15) is 24.5 Å². The fraction of sp³-hybridized carbons (Fsp3) is 0.269. The van der Waals surface area contributed by atoms with Crippen molar-refractivity contribution < 1.29 is 9.47 Å². The number of nitrogens with one attached hydrogen (secondary N) is 1. The Morgan fingerprint density at radius 2 is 1.76 bits per heavy atom. The molecule has 0 radical (unpaired) electrons. The van der Waals surface area contributed by atoms with Gasteiger partial charge in [0.05, 0.1) is 17.3 Å². The zero-order chi connectivity index (χ0) is 25.2. The zero-order valence-corrected chi connectivity index (χ0v) is 23.4. The van der Waals surface area contributed by atoms with E-state index in [1.54, 1.807) is 16.4 Å². The van der Waals surface area contributed by atoms with Gasteiger partial charge in [-0.1, -0.05) is 65.3 Å². The van der Waals surface area contributed by atoms with Crippen LogP contribution >= 0.6 is 47.4 Å². The standard InChI is InChI=1S/C26H27Cl2N5O2S.ClH/c1-2-34-24-16-20(15-23(28)25(24)35-18-19-9-11-21(27)12-10-19)17-29-13-6-14-36-26-30-31-32-33(26)22-7-4-3-5-8-22;/h3-5,7-12,15-16,29H,2,6,13-14,17-18H2,1H3;1H. The number of para-hydroxylation sites is 1. The van der Waals surface area contributed by atoms with Crippen molar-refractivity contribution in [1.29, 1.82) is 0 Å². The Morgan fingerprint density at radius 3 is 2.51 bits per heavy atom. The van der Waals surface area contributed by atoms with Gasteiger partial charge in [-0.3, -0.25) is 0 Å². The van der Waals surface area contributed by atoms with Crippen LogP contribution in [0.15, 0.2) is 71.9 Å². The monoisotopic (exact) mass is 579 g/mol. The Morgan fingerprint density at radius 1 is 0.973 bits per heavy atom. The number of tetrazole rings is 1. The lowest BCUT2D eigenvalue weighted by atomic mass is 10.2. The highest BCUT2D eigenvalue weighted by Crippen LogP contribution is 2.37. The minimum atomic E-state index is 0. The molecule has 0 spiro atoms. The topological polar surface area (TPSA) is 74.1 Å². The van der Waals surface area contributed by atoms with E-state index in [1.165, 1.54) is 0 Å². The minimum absolute atomic E-state index is 0. The first-order chi connectivity index (χ1) is 17.6. The number of nitrogens with zero attached hydrogens (tertiary/aromatic N) is 4. The van der Waals surface area contributed by atoms with Gasteiger partial charge in [0.15, 0.2) is 11.5 Å². The van der Waals surface area contributed by atoms with Crippen molar-refractivity contribution >= 4 is 47.4 Å². The molecule has 0 aliphatic carbocycles. The number of halogens is 3. The van der Waals surface area contributed by atoms with Gasteiger partial charge in [0.2, 0.25) is 5.16 Å². The SMILES string of the molecule is CCOc1cc(CNCCCSc2nnnn2-c2ccccc2)cc(Cl)c1OCc1ccc(Cl)cc1.Cl. The third-order valence-corrected chi connectivity index (χ3v) is 6.70. The second-order valence-corrected chi connectivity index (χ2v) is 9.75. The van der Waals surface area contributed by atoms with E-state index in [1.807, 2.05) is 73.7 Å². The lowest BCUT2D eigenvalue weighted by molar-refractivity contribution is 0.269. The van der Waals surface area contributed by atoms with Crippen molar-refractivity contribution in [3.05, 3.63) is 87.9 Å². The maximum Gasteiger partial charge on any atom is 0.214 e. The van der Waals surface area contributed by atoms with Gasteiger partial charge in [0.25, 0.3) is 0 Å². The quantitative estimate of drug-likeness (QED) is 0.140. The molecule has 0 atom stereocenters. The molecule has 0 unspecified atom stereocenters. The molecule has 4 aromatic rings. The fourth-order valence-electron chi connectivity index (χ4n) is 3.46. The Balaban J connectivity index is 0.00000380. The van der Waals surface area contributed by atoms with Gasteiger partial charge in [-0.05, 0) is 77.8 Å². The number of benzene rings is 3. The van der Waals surface area contributed by atoms with Crippen molar-refractivity contribution in [1.82, 2.24) is 25.5 Å². The molecule has 1 N–H and O–H groups in total. The number of ether oxygens (including phenoxy) is 2. The Kier molecular flexibility index (Phi) is 11.8. The molecule has 1 aromatic heterocycles. The van der Waals surface area contributed by atoms with E-state index in [2.05, 4.69) is 20.8 Å². The van der Waals surface area contributed by atoms with E-state index in [-0.39, 0.29) is 12.4 Å². The number of hydrogen-bond acceptors (Lipinski definition) is 7. The smallest absolute Gasteiger partial charge is 0.214 e. The molecule has 37 heavy (non-hydrogen) atoms. The molecule has 7 nitrogen and oxygen atoms in total. The van der Waals surface area contributed by atoms with Crippen molar-refractivity contribution in [2.24, 2.45) is 0 Å². The van der Waals surface area contributed by atoms with E-state index < -0.39 is 0 Å². The average Bonchev–Trinajstić information content (AvgIpc) is 3.36. The summed E-state index contributed by atoms with van der Waals surface area (Å²) >= 11 is 14.2. The third kappa shape index (κ3) is 8.51. The summed E-state index contributed by atoms with van der Waals surface area (Å²) in [6.07, 6.45) is 0.959. The Hall–Kier alpha value is -2.49. The largest absolute Gasteiger partial charge is 0.490 e. The molecule has 0 bridgehead atoms. The molecular weight excluding hydrogens is 553 g/mol. The highest BCUT2D eigenvalue weighted by atomic mass is 35.5. The Labute approximate surface area is 237 Å². The predicted molar refractivity (Wildman–Crippen MR) is 152 cm³/mol. The molecule has 0 aliphatic heterocycles. The van der Waals surface area contributed by atoms with Crippen LogP contribution in [-0.4, -0.2) is 39.1 Å². The summed E-state index contributed by atoms with van der Waals surface area (Å²) in [5.74, 6) is 2.08. The molecule has 4 rings (SSSR count). The number of thioether (sulfide) groups is 1. The van der Waals surface area contributed by atoms with Crippen LogP contribution in [0.2, 0.25) is 10.0 Å². The number of hydrogen-bond donors (Lipinski definition) is 1. The number of rotatable bonds is 13. The van der Waals surface area contributed by atoms with Gasteiger partial charge in [-0.25, -0.2) is 0 Å². The summed E-state index contributed by atoms with van der Waals surface area (Å²) in [5.41, 5.74) is 2.98. The molecular formula is C26H28Cl3N5O2S. The van der Waals surface area contributed by atoms with Gasteiger partial charge in [0, 0.05) is 17.3 Å². The van der Waals surface area contributed by atoms with E-state index in [0.29, 0.717) is 41.3 Å². The molecule has 3 aromatic carbocycles. The predicted octanol–water partition coefficient (Wildman–Crippen LogP) is 6.64. The van der Waals surface area contributed by atoms with E-state index in [0.717, 1.165) is 40.7 Å². The second-order valence-electron chi connectivity index (χ2n) is 7.84. The molecule has 0 saturated heterocycles. The third-order valence-electron chi connectivity index (χ3n) is 5.17. The molecule has 0 fully saturated rings. The summed E-state index contributed by atoms with van der Waals surface area (Å²) < 4.78 is 13.6. The highest BCUT2D eigenvalue weighted by molar-refractivity contribution is 7.99. The molecule has 11 heteroatoms. The van der Waals surface area contributed by atoms with Crippen LogP contribution in [0.3, 0.4) is 0 Å². The molecule has 0 aliphatic rings. The van der Waals surface area contributed by atoms with Crippen LogP contribution in [0, 0.1) is 0 Å². The summed E-state index contributed by atoms with van der Waals surface area (Å²) in [7, 11) is 0. The normalized spacial score (nSPS) is 10.7. The van der Waals surface area contributed by atoms with E-state index in [9.17, 15) is 0 Å². The lowest BCUT2D eigenvalue weighted by Gasteiger charge is -2.16. The van der Waals surface area contributed by atoms with Crippen LogP contribution in [0.4, 0.5) is 0 Å². The summed E-state index contributed by atoms with van der Waals surface area (Å²) in [6, 6.07) is 21.3. The summed E-state index contributed by atoms with van der Waals surface area (Å²) in [4.78, 5) is 0. The van der Waals surface area contributed by atoms with Crippen LogP contribution in [0.5, 0.6) is 11.5 Å². The first kappa shape index (κ1) is 29.1. The first-order valence-electron chi connectivity index (χ1n) is 11.6. The molecule has 1 heterocycles. The second kappa shape index (κ2) is 15.1. The maximum atomic E-state index is 6.57. The van der Waals surface area contributed by atoms with Gasteiger partial charge < -0.3 is 14.8 Å². The summed E-state index contributed by atoms with van der Waals surface area (Å²) in [6.45, 7) is 4.34. The van der Waals surface area contributed by atoms with Crippen LogP contribution < -0.4 is 14.8 Å². The average molecular weight is 581 g/mol. The number of aromatic nitrogens is 4. The van der Waals surface area contributed by atoms with Crippen molar-refractivity contribution in [2.75, 3.05) is 18.9 Å². The van der Waals surface area contributed by atoms with Gasteiger partial charge in [-0.15, -0.1) is 17.5 Å². The van der Waals surface area contributed by atoms with Gasteiger partial charge >= 0.3 is 0 Å². The van der Waals surface area contributed by atoms with Gasteiger partial charge in [0.1, 0.15) is 6.61 Å². The van der Waals surface area contributed by atoms with Crippen LogP contribution in [0.25, 0.3) is 5.69 Å². The van der Waals surface area contributed by atoms with Crippen molar-refractivity contribution in [2.45, 2.75) is 31.7 Å². The fourth-order valence-corrected chi connectivity index (χ4v) is 4.70. The molecule has 196 valence electrons. The van der Waals surface area contributed by atoms with Crippen molar-refractivity contribution in [3.8, 4) is 17.2 Å². The molecule has 0 saturated carbocycles. The minimum Gasteiger partial charge on any atom is -0.490 e. The molecule has 0 amide bonds. The van der Waals surface area contributed by atoms with Crippen LogP contribution in [-0.2, 0) is 13.2 Å². The van der Waals surface area contributed by atoms with E-state index >= 15 is 0 Å². The Bertz CT molecular complexity index is 1240. The van der Waals surface area contributed by atoms with E-state index in [4.69, 9.17) is 32.7 Å².